The Hall–Kier alpha value is -2.56. The Bertz CT molecular complexity index is 984. The Balaban J connectivity index is 1.61. The molecular weight excluding hydrogens is 390 g/mol. The van der Waals surface area contributed by atoms with Crippen molar-refractivity contribution in [1.29, 1.82) is 0 Å². The maximum absolute atomic E-state index is 12.1. The molecule has 3 rings (SSSR count). The van der Waals surface area contributed by atoms with Crippen molar-refractivity contribution in [3.05, 3.63) is 50.5 Å². The third-order valence-corrected chi connectivity index (χ3v) is 5.49. The van der Waals surface area contributed by atoms with Crippen LogP contribution >= 0.6 is 34.3 Å². The molecule has 0 atom stereocenters. The Kier molecular flexibility index (Phi) is 4.93. The minimum absolute atomic E-state index is 0.0487. The van der Waals surface area contributed by atoms with Gasteiger partial charge in [0.1, 0.15) is 11.1 Å². The van der Waals surface area contributed by atoms with Crippen LogP contribution in [0.3, 0.4) is 0 Å². The lowest BCUT2D eigenvalue weighted by Gasteiger charge is -2.03. The number of aromatic nitrogens is 1. The summed E-state index contributed by atoms with van der Waals surface area (Å²) in [5.74, 6) is -1.37. The van der Waals surface area contributed by atoms with E-state index in [0.29, 0.717) is 11.3 Å². The van der Waals surface area contributed by atoms with E-state index in [4.69, 9.17) is 16.3 Å². The molecule has 0 saturated carbocycles. The number of benzene rings is 1. The maximum Gasteiger partial charge on any atom is 0.350 e. The molecular formula is C14H8ClN3O5S2. The van der Waals surface area contributed by atoms with Crippen LogP contribution < -0.4 is 5.32 Å². The number of hydrogen-bond donors (Lipinski definition) is 1. The SMILES string of the molecule is O=C(COC(=O)c1sc2ccccc2c1Cl)Nc1ncc([N+](=O)[O-])s1. The first-order valence-corrected chi connectivity index (χ1v) is 8.71. The van der Waals surface area contributed by atoms with Gasteiger partial charge in [0.15, 0.2) is 11.7 Å². The molecule has 0 aliphatic carbocycles. The number of nitrogens with zero attached hydrogens (tertiary/aromatic N) is 2. The summed E-state index contributed by atoms with van der Waals surface area (Å²) < 4.78 is 5.78. The Labute approximate surface area is 153 Å². The zero-order valence-electron chi connectivity index (χ0n) is 12.2. The highest BCUT2D eigenvalue weighted by molar-refractivity contribution is 7.21. The highest BCUT2D eigenvalue weighted by Crippen LogP contribution is 2.35. The summed E-state index contributed by atoms with van der Waals surface area (Å²) in [6, 6.07) is 7.24. The smallest absolute Gasteiger partial charge is 0.350 e. The minimum atomic E-state index is -0.716. The molecule has 1 aromatic carbocycles. The van der Waals surface area contributed by atoms with E-state index in [1.54, 1.807) is 12.1 Å². The lowest BCUT2D eigenvalue weighted by Crippen LogP contribution is -2.20. The first kappa shape index (κ1) is 17.3. The summed E-state index contributed by atoms with van der Waals surface area (Å²) in [5.41, 5.74) is 0. The highest BCUT2D eigenvalue weighted by atomic mass is 35.5. The van der Waals surface area contributed by atoms with Gasteiger partial charge in [-0.25, -0.2) is 9.78 Å². The van der Waals surface area contributed by atoms with Gasteiger partial charge in [0.05, 0.1) is 9.95 Å². The second-order valence-corrected chi connectivity index (χ2v) is 7.07. The molecule has 8 nitrogen and oxygen atoms in total. The minimum Gasteiger partial charge on any atom is -0.451 e. The van der Waals surface area contributed by atoms with Gasteiger partial charge in [-0.1, -0.05) is 29.8 Å². The normalized spacial score (nSPS) is 10.6. The molecule has 11 heteroatoms. The van der Waals surface area contributed by atoms with Crippen LogP contribution in [0.25, 0.3) is 10.1 Å². The number of carbonyl (C=O) groups excluding carboxylic acids is 2. The van der Waals surface area contributed by atoms with E-state index < -0.39 is 23.4 Å². The second-order valence-electron chi connectivity index (χ2n) is 4.63. The van der Waals surface area contributed by atoms with E-state index in [9.17, 15) is 19.7 Å². The van der Waals surface area contributed by atoms with Crippen LogP contribution in [0.5, 0.6) is 0 Å². The first-order chi connectivity index (χ1) is 12.0. The third kappa shape index (κ3) is 3.76. The number of nitrogens with one attached hydrogen (secondary N) is 1. The van der Waals surface area contributed by atoms with Crippen molar-refractivity contribution in [2.45, 2.75) is 0 Å². The lowest BCUT2D eigenvalue weighted by molar-refractivity contribution is -0.380. The van der Waals surface area contributed by atoms with Gasteiger partial charge in [0.2, 0.25) is 0 Å². The monoisotopic (exact) mass is 397 g/mol. The molecule has 0 aliphatic heterocycles. The van der Waals surface area contributed by atoms with Crippen LogP contribution in [-0.2, 0) is 9.53 Å². The number of fused-ring (bicyclic) bond motifs is 1. The number of rotatable bonds is 5. The molecule has 1 amide bonds. The number of esters is 1. The van der Waals surface area contributed by atoms with Crippen LogP contribution in [0.15, 0.2) is 30.5 Å². The van der Waals surface area contributed by atoms with Crippen molar-refractivity contribution in [3.8, 4) is 0 Å². The largest absolute Gasteiger partial charge is 0.451 e. The average molecular weight is 398 g/mol. The number of nitro groups is 1. The van der Waals surface area contributed by atoms with Crippen LogP contribution in [0.4, 0.5) is 10.1 Å². The zero-order valence-corrected chi connectivity index (χ0v) is 14.6. The third-order valence-electron chi connectivity index (χ3n) is 2.97. The molecule has 0 saturated heterocycles. The summed E-state index contributed by atoms with van der Waals surface area (Å²) in [7, 11) is 0. The van der Waals surface area contributed by atoms with Gasteiger partial charge in [-0.15, -0.1) is 11.3 Å². The molecule has 2 heterocycles. The summed E-state index contributed by atoms with van der Waals surface area (Å²) in [4.78, 5) is 37.7. The van der Waals surface area contributed by atoms with Crippen molar-refractivity contribution in [2.75, 3.05) is 11.9 Å². The standard InChI is InChI=1S/C14H8ClN3O5S2/c15-11-7-3-1-2-4-8(7)24-12(11)13(20)23-6-9(19)17-14-16-5-10(25-14)18(21)22/h1-5H,6H2,(H,16,17,19). The highest BCUT2D eigenvalue weighted by Gasteiger charge is 2.20. The fraction of sp³-hybridized carbons (Fsp3) is 0.0714. The predicted octanol–water partition coefficient (Wildman–Crippen LogP) is 3.71. The molecule has 1 N–H and O–H groups in total. The molecule has 0 spiro atoms. The van der Waals surface area contributed by atoms with Crippen LogP contribution in [0.2, 0.25) is 5.02 Å². The zero-order chi connectivity index (χ0) is 18.0. The number of carbonyl (C=O) groups is 2. The predicted molar refractivity (Wildman–Crippen MR) is 94.5 cm³/mol. The number of thiazole rings is 1. The van der Waals surface area contributed by atoms with Gasteiger partial charge in [-0.05, 0) is 17.4 Å². The lowest BCUT2D eigenvalue weighted by atomic mass is 10.2. The number of halogens is 1. The van der Waals surface area contributed by atoms with Gasteiger partial charge < -0.3 is 4.74 Å². The number of hydrogen-bond acceptors (Lipinski definition) is 8. The molecule has 0 bridgehead atoms. The van der Waals surface area contributed by atoms with Crippen LogP contribution in [0.1, 0.15) is 9.67 Å². The molecule has 25 heavy (non-hydrogen) atoms. The van der Waals surface area contributed by atoms with Gasteiger partial charge in [-0.3, -0.25) is 20.2 Å². The summed E-state index contributed by atoms with van der Waals surface area (Å²) >= 11 is 8.04. The number of ether oxygens (including phenoxy) is 1. The second kappa shape index (κ2) is 7.13. The van der Waals surface area contributed by atoms with E-state index in [1.165, 1.54) is 11.3 Å². The van der Waals surface area contributed by atoms with E-state index >= 15 is 0 Å². The molecule has 3 aromatic rings. The van der Waals surface area contributed by atoms with Gasteiger partial charge in [0.25, 0.3) is 5.91 Å². The quantitative estimate of drug-likeness (QED) is 0.399. The number of amides is 1. The Morgan fingerprint density at radius 3 is 2.76 bits per heavy atom. The molecule has 0 fully saturated rings. The van der Waals surface area contributed by atoms with Gasteiger partial charge in [0, 0.05) is 10.1 Å². The van der Waals surface area contributed by atoms with Crippen LogP contribution in [0, 0.1) is 10.1 Å². The van der Waals surface area contributed by atoms with Gasteiger partial charge in [-0.2, -0.15) is 0 Å². The Morgan fingerprint density at radius 2 is 2.08 bits per heavy atom. The van der Waals surface area contributed by atoms with E-state index in [0.717, 1.165) is 16.3 Å². The van der Waals surface area contributed by atoms with Crippen molar-refractivity contribution < 1.29 is 19.2 Å². The van der Waals surface area contributed by atoms with Crippen molar-refractivity contribution in [1.82, 2.24) is 4.98 Å². The van der Waals surface area contributed by atoms with Crippen molar-refractivity contribution >= 4 is 66.4 Å². The van der Waals surface area contributed by atoms with Crippen molar-refractivity contribution in [3.63, 3.8) is 0 Å². The molecule has 2 aromatic heterocycles. The fourth-order valence-electron chi connectivity index (χ4n) is 1.91. The summed E-state index contributed by atoms with van der Waals surface area (Å²) in [6.07, 6.45) is 1.03. The fourth-order valence-corrected chi connectivity index (χ4v) is 3.96. The van der Waals surface area contributed by atoms with Gasteiger partial charge >= 0.3 is 11.0 Å². The molecule has 0 unspecified atom stereocenters. The van der Waals surface area contributed by atoms with E-state index in [1.807, 2.05) is 12.1 Å². The topological polar surface area (TPSA) is 111 Å². The summed E-state index contributed by atoms with van der Waals surface area (Å²) in [5, 5.41) is 13.7. The molecule has 128 valence electrons. The van der Waals surface area contributed by atoms with Crippen molar-refractivity contribution in [2.24, 2.45) is 0 Å². The first-order valence-electron chi connectivity index (χ1n) is 6.70. The molecule has 0 aliphatic rings. The van der Waals surface area contributed by atoms with E-state index in [2.05, 4.69) is 10.3 Å². The summed E-state index contributed by atoms with van der Waals surface area (Å²) in [6.45, 7) is -0.559. The average Bonchev–Trinajstić information content (AvgIpc) is 3.18. The molecule has 0 radical (unpaired) electrons. The Morgan fingerprint density at radius 1 is 1.32 bits per heavy atom. The number of anilines is 1. The van der Waals surface area contributed by atoms with Crippen LogP contribution in [-0.4, -0.2) is 28.4 Å². The maximum atomic E-state index is 12.1. The number of thiophene rings is 1. The van der Waals surface area contributed by atoms with E-state index in [-0.39, 0.29) is 20.0 Å².